The average molecular weight is 260 g/mol. The molecule has 2 rings (SSSR count). The summed E-state index contributed by atoms with van der Waals surface area (Å²) in [6, 6.07) is 10.7. The van der Waals surface area contributed by atoms with Crippen molar-refractivity contribution in [3.05, 3.63) is 57.8 Å². The van der Waals surface area contributed by atoms with Crippen molar-refractivity contribution >= 4 is 11.3 Å². The molecular weight excluding hydrogens is 240 g/mol. The van der Waals surface area contributed by atoms with E-state index in [9.17, 15) is 5.11 Å². The van der Waals surface area contributed by atoms with Gasteiger partial charge in [-0.05, 0) is 60.6 Å². The fourth-order valence-electron chi connectivity index (χ4n) is 2.11. The molecule has 18 heavy (non-hydrogen) atoms. The first-order valence-corrected chi connectivity index (χ1v) is 7.43. The van der Waals surface area contributed by atoms with Crippen molar-refractivity contribution in [2.24, 2.45) is 0 Å². The third-order valence-corrected chi connectivity index (χ3v) is 3.93. The van der Waals surface area contributed by atoms with Gasteiger partial charge < -0.3 is 5.11 Å². The van der Waals surface area contributed by atoms with E-state index in [0.717, 1.165) is 25.7 Å². The summed E-state index contributed by atoms with van der Waals surface area (Å²) in [5, 5.41) is 14.2. The van der Waals surface area contributed by atoms with E-state index in [1.54, 1.807) is 11.3 Å². The van der Waals surface area contributed by atoms with Gasteiger partial charge >= 0.3 is 0 Å². The minimum absolute atomic E-state index is 0.189. The van der Waals surface area contributed by atoms with Crippen LogP contribution in [0.15, 0.2) is 41.1 Å². The molecule has 0 spiro atoms. The zero-order chi connectivity index (χ0) is 12.8. The first kappa shape index (κ1) is 13.3. The molecule has 1 heterocycles. The third kappa shape index (κ3) is 4.28. The van der Waals surface area contributed by atoms with E-state index in [0.29, 0.717) is 0 Å². The van der Waals surface area contributed by atoms with Gasteiger partial charge in [0.2, 0.25) is 0 Å². The van der Waals surface area contributed by atoms with Crippen LogP contribution < -0.4 is 0 Å². The standard InChI is InChI=1S/C16H20OS/c1-13-3-2-4-14(11-13)5-7-16(17)8-6-15-9-10-18-12-15/h2-4,9-12,16-17H,5-8H2,1H3. The Morgan fingerprint density at radius 2 is 1.89 bits per heavy atom. The lowest BCUT2D eigenvalue weighted by molar-refractivity contribution is 0.155. The molecule has 1 aromatic carbocycles. The molecule has 0 aliphatic heterocycles. The maximum atomic E-state index is 9.98. The molecule has 2 heteroatoms. The predicted molar refractivity (Wildman–Crippen MR) is 78.1 cm³/mol. The zero-order valence-corrected chi connectivity index (χ0v) is 11.6. The second kappa shape index (κ2) is 6.72. The van der Waals surface area contributed by atoms with Gasteiger partial charge in [0.1, 0.15) is 0 Å². The van der Waals surface area contributed by atoms with Gasteiger partial charge in [0.15, 0.2) is 0 Å². The highest BCUT2D eigenvalue weighted by molar-refractivity contribution is 7.07. The van der Waals surface area contributed by atoms with Crippen LogP contribution in [-0.2, 0) is 12.8 Å². The lowest BCUT2D eigenvalue weighted by Crippen LogP contribution is -2.09. The van der Waals surface area contributed by atoms with Crippen LogP contribution in [0.1, 0.15) is 29.5 Å². The summed E-state index contributed by atoms with van der Waals surface area (Å²) in [5.74, 6) is 0. The molecule has 0 aliphatic rings. The first-order chi connectivity index (χ1) is 8.74. The van der Waals surface area contributed by atoms with Crippen molar-refractivity contribution in [3.8, 4) is 0 Å². The predicted octanol–water partition coefficient (Wildman–Crippen LogP) is 3.98. The molecule has 1 atom stereocenters. The molecule has 96 valence electrons. The highest BCUT2D eigenvalue weighted by Gasteiger charge is 2.05. The summed E-state index contributed by atoms with van der Waals surface area (Å²) in [7, 11) is 0. The van der Waals surface area contributed by atoms with Crippen LogP contribution in [0.4, 0.5) is 0 Å². The van der Waals surface area contributed by atoms with Crippen molar-refractivity contribution < 1.29 is 5.11 Å². The summed E-state index contributed by atoms with van der Waals surface area (Å²) in [4.78, 5) is 0. The number of aliphatic hydroxyl groups is 1. The Morgan fingerprint density at radius 3 is 2.56 bits per heavy atom. The summed E-state index contributed by atoms with van der Waals surface area (Å²) in [6.07, 6.45) is 3.48. The van der Waals surface area contributed by atoms with Crippen molar-refractivity contribution in [2.45, 2.75) is 38.7 Å². The number of rotatable bonds is 6. The molecule has 0 bridgehead atoms. The van der Waals surface area contributed by atoms with Crippen LogP contribution in [0.3, 0.4) is 0 Å². The van der Waals surface area contributed by atoms with E-state index in [1.807, 2.05) is 0 Å². The highest BCUT2D eigenvalue weighted by Crippen LogP contribution is 2.13. The van der Waals surface area contributed by atoms with Gasteiger partial charge in [0.25, 0.3) is 0 Å². The van der Waals surface area contributed by atoms with Gasteiger partial charge in [0, 0.05) is 0 Å². The molecule has 1 nitrogen and oxygen atoms in total. The maximum Gasteiger partial charge on any atom is 0.0546 e. The van der Waals surface area contributed by atoms with Crippen LogP contribution in [-0.4, -0.2) is 11.2 Å². The molecule has 1 unspecified atom stereocenters. The Balaban J connectivity index is 1.73. The largest absolute Gasteiger partial charge is 0.393 e. The Labute approximate surface area is 113 Å². The fourth-order valence-corrected chi connectivity index (χ4v) is 2.82. The van der Waals surface area contributed by atoms with Crippen LogP contribution in [0.25, 0.3) is 0 Å². The Hall–Kier alpha value is -1.12. The molecule has 1 N–H and O–H groups in total. The van der Waals surface area contributed by atoms with Gasteiger partial charge in [0.05, 0.1) is 6.10 Å². The number of aryl methyl sites for hydroxylation is 3. The summed E-state index contributed by atoms with van der Waals surface area (Å²) in [5.41, 5.74) is 3.96. The zero-order valence-electron chi connectivity index (χ0n) is 10.8. The second-order valence-corrected chi connectivity index (χ2v) is 5.63. The molecule has 0 saturated heterocycles. The Kier molecular flexibility index (Phi) is 4.97. The van der Waals surface area contributed by atoms with E-state index in [-0.39, 0.29) is 6.10 Å². The highest BCUT2D eigenvalue weighted by atomic mass is 32.1. The molecule has 0 radical (unpaired) electrons. The molecule has 1 aromatic heterocycles. The molecule has 0 fully saturated rings. The quantitative estimate of drug-likeness (QED) is 0.833. The smallest absolute Gasteiger partial charge is 0.0546 e. The van der Waals surface area contributed by atoms with Crippen LogP contribution >= 0.6 is 11.3 Å². The van der Waals surface area contributed by atoms with Gasteiger partial charge in [-0.15, -0.1) is 0 Å². The van der Waals surface area contributed by atoms with Gasteiger partial charge in [-0.3, -0.25) is 0 Å². The van der Waals surface area contributed by atoms with E-state index in [4.69, 9.17) is 0 Å². The van der Waals surface area contributed by atoms with E-state index < -0.39 is 0 Å². The lowest BCUT2D eigenvalue weighted by atomic mass is 10.0. The SMILES string of the molecule is Cc1cccc(CCC(O)CCc2ccsc2)c1. The van der Waals surface area contributed by atoms with E-state index in [1.165, 1.54) is 16.7 Å². The van der Waals surface area contributed by atoms with E-state index in [2.05, 4.69) is 48.0 Å². The fraction of sp³-hybridized carbons (Fsp3) is 0.375. The van der Waals surface area contributed by atoms with Crippen LogP contribution in [0.2, 0.25) is 0 Å². The number of benzene rings is 1. The lowest BCUT2D eigenvalue weighted by Gasteiger charge is -2.10. The third-order valence-electron chi connectivity index (χ3n) is 3.20. The molecule has 2 aromatic rings. The summed E-state index contributed by atoms with van der Waals surface area (Å²) < 4.78 is 0. The van der Waals surface area contributed by atoms with Crippen molar-refractivity contribution in [2.75, 3.05) is 0 Å². The number of hydrogen-bond acceptors (Lipinski definition) is 2. The van der Waals surface area contributed by atoms with Crippen molar-refractivity contribution in [3.63, 3.8) is 0 Å². The van der Waals surface area contributed by atoms with Crippen molar-refractivity contribution in [1.82, 2.24) is 0 Å². The average Bonchev–Trinajstić information content (AvgIpc) is 2.87. The number of hydrogen-bond donors (Lipinski definition) is 1. The topological polar surface area (TPSA) is 20.2 Å². The molecular formula is C16H20OS. The van der Waals surface area contributed by atoms with E-state index >= 15 is 0 Å². The minimum atomic E-state index is -0.189. The Bertz CT molecular complexity index is 462. The summed E-state index contributed by atoms with van der Waals surface area (Å²) in [6.45, 7) is 2.11. The van der Waals surface area contributed by atoms with Crippen LogP contribution in [0.5, 0.6) is 0 Å². The first-order valence-electron chi connectivity index (χ1n) is 6.49. The number of thiophene rings is 1. The normalized spacial score (nSPS) is 12.6. The molecule has 0 saturated carbocycles. The molecule has 0 amide bonds. The monoisotopic (exact) mass is 260 g/mol. The van der Waals surface area contributed by atoms with Crippen LogP contribution in [0, 0.1) is 6.92 Å². The van der Waals surface area contributed by atoms with Crippen molar-refractivity contribution in [1.29, 1.82) is 0 Å². The second-order valence-electron chi connectivity index (χ2n) is 4.85. The maximum absolute atomic E-state index is 9.98. The van der Waals surface area contributed by atoms with Gasteiger partial charge in [-0.2, -0.15) is 11.3 Å². The summed E-state index contributed by atoms with van der Waals surface area (Å²) >= 11 is 1.72. The van der Waals surface area contributed by atoms with Gasteiger partial charge in [-0.25, -0.2) is 0 Å². The minimum Gasteiger partial charge on any atom is -0.393 e. The molecule has 0 aliphatic carbocycles. The van der Waals surface area contributed by atoms with Gasteiger partial charge in [-0.1, -0.05) is 29.8 Å². The Morgan fingerprint density at radius 1 is 1.11 bits per heavy atom. The number of aliphatic hydroxyl groups excluding tert-OH is 1.